The molecule has 7 nitrogen and oxygen atoms in total. The standard InChI is InChI=1S/C15H24O3.C6H10O4/c1-4-16-10-13(2)17-11-14(3)18-12-15-8-6-5-7-9-15;7-5(8)3-1-2-4-6(9)10/h5-9,13-14H,4,10-12H2,1-3H3;1-4H2,(H,7,8)(H,9,10). The number of hydrogen-bond acceptors (Lipinski definition) is 5. The molecule has 0 aliphatic carbocycles. The summed E-state index contributed by atoms with van der Waals surface area (Å²) in [6.07, 6.45) is 1.23. The largest absolute Gasteiger partial charge is 0.481 e. The molecule has 1 rings (SSSR count). The van der Waals surface area contributed by atoms with E-state index >= 15 is 0 Å². The molecule has 0 heterocycles. The predicted octanol–water partition coefficient (Wildman–Crippen LogP) is 3.75. The summed E-state index contributed by atoms with van der Waals surface area (Å²) in [5.74, 6) is -1.74. The molecule has 2 N–H and O–H groups in total. The molecule has 28 heavy (non-hydrogen) atoms. The Kier molecular flexibility index (Phi) is 16.0. The summed E-state index contributed by atoms with van der Waals surface area (Å²) in [6.45, 7) is 8.62. The third-order valence-electron chi connectivity index (χ3n) is 3.58. The average Bonchev–Trinajstić information content (AvgIpc) is 2.67. The van der Waals surface area contributed by atoms with Gasteiger partial charge < -0.3 is 24.4 Å². The van der Waals surface area contributed by atoms with E-state index in [2.05, 4.69) is 12.1 Å². The normalized spacial score (nSPS) is 12.5. The molecule has 0 aliphatic rings. The first-order chi connectivity index (χ1) is 13.3. The zero-order valence-corrected chi connectivity index (χ0v) is 17.1. The van der Waals surface area contributed by atoms with Crippen molar-refractivity contribution < 1.29 is 34.0 Å². The Hall–Kier alpha value is -1.96. The summed E-state index contributed by atoms with van der Waals surface area (Å²) in [7, 11) is 0. The van der Waals surface area contributed by atoms with Gasteiger partial charge in [-0.2, -0.15) is 0 Å². The highest BCUT2D eigenvalue weighted by Gasteiger charge is 2.07. The molecule has 7 heteroatoms. The van der Waals surface area contributed by atoms with Gasteiger partial charge in [0.1, 0.15) is 0 Å². The fraction of sp³-hybridized carbons (Fsp3) is 0.619. The molecule has 0 aliphatic heterocycles. The predicted molar refractivity (Wildman–Crippen MR) is 106 cm³/mol. The van der Waals surface area contributed by atoms with E-state index in [1.165, 1.54) is 5.56 Å². The molecule has 0 bridgehead atoms. The lowest BCUT2D eigenvalue weighted by atomic mass is 10.2. The lowest BCUT2D eigenvalue weighted by molar-refractivity contribution is -0.139. The molecule has 0 saturated heterocycles. The van der Waals surface area contributed by atoms with Gasteiger partial charge in [-0.15, -0.1) is 0 Å². The molecule has 0 radical (unpaired) electrons. The van der Waals surface area contributed by atoms with E-state index in [0.717, 1.165) is 6.61 Å². The number of carboxylic acid groups (broad SMARTS) is 2. The Morgan fingerprint density at radius 1 is 0.893 bits per heavy atom. The van der Waals surface area contributed by atoms with Gasteiger partial charge in [0, 0.05) is 19.4 Å². The minimum absolute atomic E-state index is 0.0628. The van der Waals surface area contributed by atoms with Crippen LogP contribution < -0.4 is 0 Å². The second-order valence-corrected chi connectivity index (χ2v) is 6.41. The zero-order valence-electron chi connectivity index (χ0n) is 17.1. The minimum Gasteiger partial charge on any atom is -0.481 e. The highest BCUT2D eigenvalue weighted by atomic mass is 16.6. The molecule has 160 valence electrons. The summed E-state index contributed by atoms with van der Waals surface area (Å²) in [6, 6.07) is 10.2. The van der Waals surface area contributed by atoms with Gasteiger partial charge in [0.25, 0.3) is 0 Å². The summed E-state index contributed by atoms with van der Waals surface area (Å²) in [4.78, 5) is 19.8. The number of hydrogen-bond donors (Lipinski definition) is 2. The molecular weight excluding hydrogens is 364 g/mol. The number of aliphatic carboxylic acids is 2. The molecule has 0 fully saturated rings. The van der Waals surface area contributed by atoms with Crippen LogP contribution in [0.5, 0.6) is 0 Å². The first-order valence-electron chi connectivity index (χ1n) is 9.63. The molecule has 0 saturated carbocycles. The molecule has 1 aromatic rings. The van der Waals surface area contributed by atoms with Crippen LogP contribution >= 0.6 is 0 Å². The van der Waals surface area contributed by atoms with Crippen molar-refractivity contribution in [2.24, 2.45) is 0 Å². The van der Waals surface area contributed by atoms with Crippen LogP contribution in [0.1, 0.15) is 52.0 Å². The third-order valence-corrected chi connectivity index (χ3v) is 3.58. The minimum atomic E-state index is -0.870. The number of benzene rings is 1. The highest BCUT2D eigenvalue weighted by molar-refractivity contribution is 5.67. The maximum atomic E-state index is 9.90. The van der Waals surface area contributed by atoms with Crippen LogP contribution in [0.25, 0.3) is 0 Å². The number of rotatable bonds is 14. The van der Waals surface area contributed by atoms with E-state index in [-0.39, 0.29) is 25.0 Å². The van der Waals surface area contributed by atoms with Crippen molar-refractivity contribution in [3.05, 3.63) is 35.9 Å². The zero-order chi connectivity index (χ0) is 21.2. The number of carboxylic acids is 2. The van der Waals surface area contributed by atoms with E-state index in [1.807, 2.05) is 39.0 Å². The Morgan fingerprint density at radius 3 is 1.93 bits per heavy atom. The van der Waals surface area contributed by atoms with E-state index in [1.54, 1.807) is 0 Å². The van der Waals surface area contributed by atoms with Crippen molar-refractivity contribution in [3.63, 3.8) is 0 Å². The SMILES string of the molecule is CCOCC(C)OCC(C)OCc1ccccc1.O=C(O)CCCCC(=O)O. The maximum Gasteiger partial charge on any atom is 0.303 e. The monoisotopic (exact) mass is 398 g/mol. The fourth-order valence-corrected chi connectivity index (χ4v) is 2.04. The average molecular weight is 398 g/mol. The second kappa shape index (κ2) is 17.2. The van der Waals surface area contributed by atoms with Gasteiger partial charge in [0.15, 0.2) is 0 Å². The maximum absolute atomic E-state index is 9.90. The molecule has 2 atom stereocenters. The van der Waals surface area contributed by atoms with E-state index in [4.69, 9.17) is 24.4 Å². The van der Waals surface area contributed by atoms with Gasteiger partial charge in [0.05, 0.1) is 32.0 Å². The van der Waals surface area contributed by atoms with E-state index < -0.39 is 11.9 Å². The van der Waals surface area contributed by atoms with E-state index in [0.29, 0.717) is 32.7 Å². The van der Waals surface area contributed by atoms with Gasteiger partial charge in [-0.3, -0.25) is 9.59 Å². The van der Waals surface area contributed by atoms with Crippen molar-refractivity contribution in [2.75, 3.05) is 19.8 Å². The summed E-state index contributed by atoms with van der Waals surface area (Å²) in [5.41, 5.74) is 1.19. The van der Waals surface area contributed by atoms with Crippen LogP contribution in [0.3, 0.4) is 0 Å². The van der Waals surface area contributed by atoms with Crippen molar-refractivity contribution in [3.8, 4) is 0 Å². The van der Waals surface area contributed by atoms with Crippen LogP contribution in [0.15, 0.2) is 30.3 Å². The molecule has 0 aromatic heterocycles. The number of carbonyl (C=O) groups is 2. The quantitative estimate of drug-likeness (QED) is 0.460. The first kappa shape index (κ1) is 26.0. The smallest absolute Gasteiger partial charge is 0.303 e. The van der Waals surface area contributed by atoms with Crippen molar-refractivity contribution in [1.29, 1.82) is 0 Å². The second-order valence-electron chi connectivity index (χ2n) is 6.41. The van der Waals surface area contributed by atoms with Gasteiger partial charge >= 0.3 is 11.9 Å². The van der Waals surface area contributed by atoms with Crippen molar-refractivity contribution in [1.82, 2.24) is 0 Å². The number of ether oxygens (including phenoxy) is 3. The summed E-state index contributed by atoms with van der Waals surface area (Å²) < 4.78 is 16.7. The van der Waals surface area contributed by atoms with Gasteiger partial charge in [-0.1, -0.05) is 30.3 Å². The number of unbranched alkanes of at least 4 members (excludes halogenated alkanes) is 1. The Labute approximate surface area is 167 Å². The fourth-order valence-electron chi connectivity index (χ4n) is 2.04. The van der Waals surface area contributed by atoms with Crippen molar-refractivity contribution >= 4 is 11.9 Å². The summed E-state index contributed by atoms with van der Waals surface area (Å²) in [5, 5.41) is 16.3. The Balaban J connectivity index is 0.000000621. The van der Waals surface area contributed by atoms with Crippen LogP contribution in [0.4, 0.5) is 0 Å². The molecule has 0 amide bonds. The topological polar surface area (TPSA) is 102 Å². The Bertz CT molecular complexity index is 503. The van der Waals surface area contributed by atoms with Crippen LogP contribution in [0, 0.1) is 0 Å². The van der Waals surface area contributed by atoms with Gasteiger partial charge in [-0.05, 0) is 39.2 Å². The molecular formula is C21H34O7. The van der Waals surface area contributed by atoms with Crippen molar-refractivity contribution in [2.45, 2.75) is 65.3 Å². The first-order valence-corrected chi connectivity index (χ1v) is 9.63. The van der Waals surface area contributed by atoms with E-state index in [9.17, 15) is 9.59 Å². The van der Waals surface area contributed by atoms with Gasteiger partial charge in [-0.25, -0.2) is 0 Å². The lowest BCUT2D eigenvalue weighted by Crippen LogP contribution is -2.23. The van der Waals surface area contributed by atoms with Crippen LogP contribution in [-0.4, -0.2) is 54.2 Å². The molecule has 1 aromatic carbocycles. The molecule has 0 spiro atoms. The van der Waals surface area contributed by atoms with Crippen LogP contribution in [-0.2, 0) is 30.4 Å². The third kappa shape index (κ3) is 17.5. The Morgan fingerprint density at radius 2 is 1.43 bits per heavy atom. The van der Waals surface area contributed by atoms with Gasteiger partial charge in [0.2, 0.25) is 0 Å². The molecule has 2 unspecified atom stereocenters. The highest BCUT2D eigenvalue weighted by Crippen LogP contribution is 2.04. The summed E-state index contributed by atoms with van der Waals surface area (Å²) >= 11 is 0. The lowest BCUT2D eigenvalue weighted by Gasteiger charge is -2.17. The van der Waals surface area contributed by atoms with Crippen LogP contribution in [0.2, 0.25) is 0 Å².